The summed E-state index contributed by atoms with van der Waals surface area (Å²) < 4.78 is 10.8. The minimum atomic E-state index is -0.554. The Hall–Kier alpha value is -2.49. The molecule has 3 rings (SSSR count). The van der Waals surface area contributed by atoms with Crippen molar-refractivity contribution in [2.24, 2.45) is 0 Å². The van der Waals surface area contributed by atoms with Gasteiger partial charge in [0.05, 0.1) is 4.92 Å². The van der Waals surface area contributed by atoms with Crippen LogP contribution in [0.4, 0.5) is 5.69 Å². The summed E-state index contributed by atoms with van der Waals surface area (Å²) in [6.45, 7) is 1.54. The lowest BCUT2D eigenvalue weighted by Gasteiger charge is -1.89. The minimum Gasteiger partial charge on any atom is -0.446 e. The first-order valence-electron chi connectivity index (χ1n) is 5.35. The van der Waals surface area contributed by atoms with Crippen LogP contribution in [0.3, 0.4) is 0 Å². The molecule has 3 aromatic rings. The summed E-state index contributed by atoms with van der Waals surface area (Å²) in [4.78, 5) is 14.5. The molecule has 0 saturated carbocycles. The molecule has 0 radical (unpaired) electrons. The topological polar surface area (TPSA) is 124 Å². The fraction of sp³-hybridized carbons (Fsp3) is 0.100. The van der Waals surface area contributed by atoms with Gasteiger partial charge < -0.3 is 8.94 Å². The number of H-pyrrole nitrogens is 1. The highest BCUT2D eigenvalue weighted by atomic mass is 79.9. The van der Waals surface area contributed by atoms with E-state index in [1.165, 1.54) is 6.92 Å². The van der Waals surface area contributed by atoms with Crippen molar-refractivity contribution in [3.8, 4) is 23.2 Å². The lowest BCUT2D eigenvalue weighted by molar-refractivity contribution is -0.384. The second kappa shape index (κ2) is 4.56. The van der Waals surface area contributed by atoms with E-state index in [4.69, 9.17) is 8.94 Å². The number of aromatic amines is 1. The van der Waals surface area contributed by atoms with Gasteiger partial charge in [0.15, 0.2) is 10.4 Å². The average molecular weight is 340 g/mol. The number of rotatable bonds is 3. The summed E-state index contributed by atoms with van der Waals surface area (Å²) in [6, 6.07) is 3.31. The van der Waals surface area contributed by atoms with E-state index in [2.05, 4.69) is 36.3 Å². The Labute approximate surface area is 119 Å². The third kappa shape index (κ3) is 1.99. The molecule has 0 aliphatic carbocycles. The van der Waals surface area contributed by atoms with Crippen LogP contribution in [0.2, 0.25) is 0 Å². The maximum Gasteiger partial charge on any atom is 0.322 e. The Morgan fingerprint density at radius 2 is 2.25 bits per heavy atom. The van der Waals surface area contributed by atoms with Gasteiger partial charge in [0.25, 0.3) is 5.89 Å². The van der Waals surface area contributed by atoms with Crippen LogP contribution in [0.25, 0.3) is 23.2 Å². The zero-order valence-corrected chi connectivity index (χ0v) is 11.5. The summed E-state index contributed by atoms with van der Waals surface area (Å²) >= 11 is 3.16. The standard InChI is InChI=1S/C10H6BrN5O4/c1-4-8(16(17)18)7(14-13-4)10-12-9(15-20-10)5-2-3-6(11)19-5/h2-3H,1H3,(H,13,14). The van der Waals surface area contributed by atoms with Gasteiger partial charge in [-0.15, -0.1) is 0 Å². The molecule has 0 amide bonds. The Kier molecular flexibility index (Phi) is 2.86. The van der Waals surface area contributed by atoms with Gasteiger partial charge in [-0.2, -0.15) is 10.1 Å². The van der Waals surface area contributed by atoms with E-state index >= 15 is 0 Å². The van der Waals surface area contributed by atoms with Gasteiger partial charge >= 0.3 is 5.69 Å². The molecular weight excluding hydrogens is 334 g/mol. The second-order valence-corrected chi connectivity index (χ2v) is 4.61. The summed E-state index contributed by atoms with van der Waals surface area (Å²) in [5, 5.41) is 21.0. The number of furan rings is 1. The molecule has 0 aliphatic heterocycles. The van der Waals surface area contributed by atoms with Crippen molar-refractivity contribution in [3.63, 3.8) is 0 Å². The second-order valence-electron chi connectivity index (χ2n) is 3.83. The number of nitro groups is 1. The van der Waals surface area contributed by atoms with Gasteiger partial charge in [0.1, 0.15) is 5.69 Å². The van der Waals surface area contributed by atoms with Gasteiger partial charge in [-0.25, -0.2) is 0 Å². The van der Waals surface area contributed by atoms with Gasteiger partial charge in [0.2, 0.25) is 11.5 Å². The number of nitrogens with one attached hydrogen (secondary N) is 1. The van der Waals surface area contributed by atoms with Crippen LogP contribution >= 0.6 is 15.9 Å². The van der Waals surface area contributed by atoms with Gasteiger partial charge in [-0.3, -0.25) is 15.2 Å². The van der Waals surface area contributed by atoms with Gasteiger partial charge in [0, 0.05) is 0 Å². The summed E-state index contributed by atoms with van der Waals surface area (Å²) in [5.41, 5.74) is 0.114. The van der Waals surface area contributed by atoms with E-state index in [1.807, 2.05) is 0 Å². The first-order valence-corrected chi connectivity index (χ1v) is 6.14. The molecule has 0 spiro atoms. The average Bonchev–Trinajstić information content (AvgIpc) is 3.06. The monoisotopic (exact) mass is 339 g/mol. The molecule has 0 aliphatic rings. The highest BCUT2D eigenvalue weighted by molar-refractivity contribution is 9.10. The maximum absolute atomic E-state index is 11.0. The van der Waals surface area contributed by atoms with Crippen LogP contribution in [0.15, 0.2) is 25.7 Å². The third-order valence-electron chi connectivity index (χ3n) is 2.52. The number of aromatic nitrogens is 4. The van der Waals surface area contributed by atoms with Crippen LogP contribution in [0.1, 0.15) is 5.69 Å². The molecule has 10 heteroatoms. The van der Waals surface area contributed by atoms with E-state index < -0.39 is 4.92 Å². The van der Waals surface area contributed by atoms with E-state index in [9.17, 15) is 10.1 Å². The third-order valence-corrected chi connectivity index (χ3v) is 2.95. The van der Waals surface area contributed by atoms with Crippen molar-refractivity contribution in [1.29, 1.82) is 0 Å². The van der Waals surface area contributed by atoms with Crippen molar-refractivity contribution < 1.29 is 13.9 Å². The number of aryl methyl sites for hydroxylation is 1. The van der Waals surface area contributed by atoms with Gasteiger partial charge in [-0.1, -0.05) is 5.16 Å². The van der Waals surface area contributed by atoms with Crippen molar-refractivity contribution in [2.75, 3.05) is 0 Å². The smallest absolute Gasteiger partial charge is 0.322 e. The molecule has 0 aromatic carbocycles. The van der Waals surface area contributed by atoms with E-state index in [-0.39, 0.29) is 23.1 Å². The molecule has 102 valence electrons. The van der Waals surface area contributed by atoms with Crippen LogP contribution in [0.5, 0.6) is 0 Å². The van der Waals surface area contributed by atoms with E-state index in [0.717, 1.165) is 0 Å². The predicted molar refractivity (Wildman–Crippen MR) is 68.7 cm³/mol. The van der Waals surface area contributed by atoms with Gasteiger partial charge in [-0.05, 0) is 35.0 Å². The first-order chi connectivity index (χ1) is 9.56. The fourth-order valence-electron chi connectivity index (χ4n) is 1.65. The van der Waals surface area contributed by atoms with Crippen LogP contribution in [0, 0.1) is 17.0 Å². The highest BCUT2D eigenvalue weighted by Gasteiger charge is 2.27. The van der Waals surface area contributed by atoms with Crippen molar-refractivity contribution >= 4 is 21.6 Å². The van der Waals surface area contributed by atoms with E-state index in [1.54, 1.807) is 12.1 Å². The zero-order chi connectivity index (χ0) is 14.3. The lowest BCUT2D eigenvalue weighted by atomic mass is 10.3. The Morgan fingerprint density at radius 1 is 1.45 bits per heavy atom. The molecule has 9 nitrogen and oxygen atoms in total. The molecule has 20 heavy (non-hydrogen) atoms. The Balaban J connectivity index is 2.05. The Bertz CT molecular complexity index is 789. The van der Waals surface area contributed by atoms with Crippen molar-refractivity contribution in [1.82, 2.24) is 20.3 Å². The number of hydrogen-bond donors (Lipinski definition) is 1. The zero-order valence-electron chi connectivity index (χ0n) is 9.95. The fourth-order valence-corrected chi connectivity index (χ4v) is 1.96. The van der Waals surface area contributed by atoms with Crippen molar-refractivity contribution in [3.05, 3.63) is 32.6 Å². The summed E-state index contributed by atoms with van der Waals surface area (Å²) in [7, 11) is 0. The molecule has 0 saturated heterocycles. The van der Waals surface area contributed by atoms with Crippen LogP contribution in [-0.2, 0) is 0 Å². The summed E-state index contributed by atoms with van der Waals surface area (Å²) in [6.07, 6.45) is 0. The first kappa shape index (κ1) is 12.5. The van der Waals surface area contributed by atoms with Crippen LogP contribution < -0.4 is 0 Å². The highest BCUT2D eigenvalue weighted by Crippen LogP contribution is 2.31. The number of hydrogen-bond acceptors (Lipinski definition) is 7. The Morgan fingerprint density at radius 3 is 2.90 bits per heavy atom. The number of halogens is 1. The molecule has 0 atom stereocenters. The molecule has 3 heterocycles. The molecule has 0 bridgehead atoms. The van der Waals surface area contributed by atoms with Crippen molar-refractivity contribution in [2.45, 2.75) is 6.92 Å². The van der Waals surface area contributed by atoms with Crippen LogP contribution in [-0.4, -0.2) is 25.3 Å². The molecule has 3 aromatic heterocycles. The maximum atomic E-state index is 11.0. The molecule has 1 N–H and O–H groups in total. The normalized spacial score (nSPS) is 10.9. The molecule has 0 unspecified atom stereocenters. The molecular formula is C10H6BrN5O4. The van der Waals surface area contributed by atoms with E-state index in [0.29, 0.717) is 16.1 Å². The molecule has 0 fully saturated rings. The minimum absolute atomic E-state index is 0.00290. The predicted octanol–water partition coefficient (Wildman–Crippen LogP) is 2.70. The quantitative estimate of drug-likeness (QED) is 0.574. The lowest BCUT2D eigenvalue weighted by Crippen LogP contribution is -1.91. The number of nitrogens with zero attached hydrogens (tertiary/aromatic N) is 4. The summed E-state index contributed by atoms with van der Waals surface area (Å²) in [5.74, 6) is 0.506. The largest absolute Gasteiger partial charge is 0.446 e. The SMILES string of the molecule is Cc1[nH]nc(-c2nc(-c3ccc(Br)o3)no2)c1[N+](=O)[O-].